The van der Waals surface area contributed by atoms with Gasteiger partial charge in [-0.15, -0.1) is 0 Å². The van der Waals surface area contributed by atoms with Crippen LogP contribution in [0.1, 0.15) is 11.1 Å². The lowest BCUT2D eigenvalue weighted by Gasteiger charge is -2.14. The van der Waals surface area contributed by atoms with Gasteiger partial charge in [0.15, 0.2) is 0 Å². The Balaban J connectivity index is 1.71. The molecule has 0 aliphatic carbocycles. The second-order valence-electron chi connectivity index (χ2n) is 5.55. The lowest BCUT2D eigenvalue weighted by atomic mass is 10.2. The summed E-state index contributed by atoms with van der Waals surface area (Å²) in [5.74, 6) is 2.52. The normalized spacial score (nSPS) is 10.2. The summed E-state index contributed by atoms with van der Waals surface area (Å²) in [6, 6.07) is 23.8. The first-order valence-electron chi connectivity index (χ1n) is 7.98. The molecule has 3 rings (SSSR count). The van der Waals surface area contributed by atoms with Gasteiger partial charge in [-0.2, -0.15) is 0 Å². The second-order valence-corrected chi connectivity index (χ2v) is 5.55. The maximum Gasteiger partial charge on any atom is 0.145 e. The topological polar surface area (TPSA) is 30.5 Å². The Labute approximate surface area is 142 Å². The van der Waals surface area contributed by atoms with Crippen LogP contribution in [0.3, 0.4) is 0 Å². The standard InChI is InChI=1S/C21H21NO2/c1-16-8-6-13-20(22-2)21(16)23-15-17-9-7-12-19(14-17)24-18-10-4-3-5-11-18/h3-14,22H,15H2,1-2H3. The molecular weight excluding hydrogens is 298 g/mol. The largest absolute Gasteiger partial charge is 0.486 e. The van der Waals surface area contributed by atoms with E-state index in [2.05, 4.69) is 5.32 Å². The van der Waals surface area contributed by atoms with Crippen molar-refractivity contribution in [3.8, 4) is 17.2 Å². The fourth-order valence-electron chi connectivity index (χ4n) is 2.52. The van der Waals surface area contributed by atoms with Gasteiger partial charge in [-0.1, -0.05) is 42.5 Å². The molecule has 1 N–H and O–H groups in total. The molecule has 0 aliphatic rings. The van der Waals surface area contributed by atoms with Gasteiger partial charge < -0.3 is 14.8 Å². The van der Waals surface area contributed by atoms with Crippen LogP contribution in [0.25, 0.3) is 0 Å². The first-order valence-corrected chi connectivity index (χ1v) is 7.98. The number of para-hydroxylation sites is 2. The Morgan fingerprint density at radius 3 is 2.38 bits per heavy atom. The van der Waals surface area contributed by atoms with Crippen LogP contribution in [0.4, 0.5) is 5.69 Å². The molecule has 3 heteroatoms. The third-order valence-corrected chi connectivity index (χ3v) is 3.74. The van der Waals surface area contributed by atoms with E-state index in [-0.39, 0.29) is 0 Å². The summed E-state index contributed by atoms with van der Waals surface area (Å²) in [7, 11) is 1.90. The summed E-state index contributed by atoms with van der Waals surface area (Å²) in [4.78, 5) is 0. The Hall–Kier alpha value is -2.94. The molecule has 0 amide bonds. The molecule has 0 heterocycles. The maximum atomic E-state index is 6.03. The fourth-order valence-corrected chi connectivity index (χ4v) is 2.52. The van der Waals surface area contributed by atoms with Crippen LogP contribution < -0.4 is 14.8 Å². The van der Waals surface area contributed by atoms with Crippen LogP contribution >= 0.6 is 0 Å². The van der Waals surface area contributed by atoms with Crippen molar-refractivity contribution in [3.63, 3.8) is 0 Å². The lowest BCUT2D eigenvalue weighted by Crippen LogP contribution is -2.01. The zero-order chi connectivity index (χ0) is 16.8. The summed E-state index contributed by atoms with van der Waals surface area (Å²) in [6.45, 7) is 2.54. The van der Waals surface area contributed by atoms with Crippen molar-refractivity contribution >= 4 is 5.69 Å². The Kier molecular flexibility index (Phi) is 5.02. The minimum absolute atomic E-state index is 0.492. The average Bonchev–Trinajstić information content (AvgIpc) is 2.61. The molecule has 0 saturated carbocycles. The zero-order valence-corrected chi connectivity index (χ0v) is 14.0. The minimum atomic E-state index is 0.492. The van der Waals surface area contributed by atoms with Crippen molar-refractivity contribution < 1.29 is 9.47 Å². The van der Waals surface area contributed by atoms with Crippen LogP contribution in [-0.4, -0.2) is 7.05 Å². The number of hydrogen-bond donors (Lipinski definition) is 1. The third-order valence-electron chi connectivity index (χ3n) is 3.74. The maximum absolute atomic E-state index is 6.03. The summed E-state index contributed by atoms with van der Waals surface area (Å²) < 4.78 is 11.9. The molecular formula is C21H21NO2. The number of hydrogen-bond acceptors (Lipinski definition) is 3. The summed E-state index contributed by atoms with van der Waals surface area (Å²) in [5, 5.41) is 3.17. The molecule has 122 valence electrons. The van der Waals surface area contributed by atoms with Gasteiger partial charge in [0.1, 0.15) is 23.9 Å². The van der Waals surface area contributed by atoms with Crippen LogP contribution in [0, 0.1) is 6.92 Å². The molecule has 0 atom stereocenters. The molecule has 0 aromatic heterocycles. The van der Waals surface area contributed by atoms with Crippen molar-refractivity contribution in [2.24, 2.45) is 0 Å². The van der Waals surface area contributed by atoms with Crippen LogP contribution in [0.15, 0.2) is 72.8 Å². The quantitative estimate of drug-likeness (QED) is 0.659. The molecule has 0 fully saturated rings. The highest BCUT2D eigenvalue weighted by Crippen LogP contribution is 2.29. The molecule has 0 aliphatic heterocycles. The van der Waals surface area contributed by atoms with Crippen LogP contribution in [-0.2, 0) is 6.61 Å². The monoisotopic (exact) mass is 319 g/mol. The number of rotatable bonds is 6. The van der Waals surface area contributed by atoms with Crippen molar-refractivity contribution in [1.82, 2.24) is 0 Å². The minimum Gasteiger partial charge on any atom is -0.486 e. The van der Waals surface area contributed by atoms with E-state index < -0.39 is 0 Å². The van der Waals surface area contributed by atoms with E-state index in [1.54, 1.807) is 0 Å². The SMILES string of the molecule is CNc1cccc(C)c1OCc1cccc(Oc2ccccc2)c1. The predicted molar refractivity (Wildman–Crippen MR) is 98.0 cm³/mol. The molecule has 0 unspecified atom stereocenters. The number of aryl methyl sites for hydroxylation is 1. The van der Waals surface area contributed by atoms with E-state index in [9.17, 15) is 0 Å². The zero-order valence-electron chi connectivity index (χ0n) is 14.0. The number of ether oxygens (including phenoxy) is 2. The van der Waals surface area contributed by atoms with Gasteiger partial charge >= 0.3 is 0 Å². The smallest absolute Gasteiger partial charge is 0.145 e. The van der Waals surface area contributed by atoms with Crippen LogP contribution in [0.2, 0.25) is 0 Å². The van der Waals surface area contributed by atoms with E-state index in [1.807, 2.05) is 86.8 Å². The van der Waals surface area contributed by atoms with E-state index in [1.165, 1.54) is 0 Å². The Bertz CT molecular complexity index is 800. The van der Waals surface area contributed by atoms with Gasteiger partial charge in [-0.3, -0.25) is 0 Å². The van der Waals surface area contributed by atoms with E-state index in [4.69, 9.17) is 9.47 Å². The average molecular weight is 319 g/mol. The number of benzene rings is 3. The molecule has 0 bridgehead atoms. The summed E-state index contributed by atoms with van der Waals surface area (Å²) in [6.07, 6.45) is 0. The summed E-state index contributed by atoms with van der Waals surface area (Å²) >= 11 is 0. The van der Waals surface area contributed by atoms with Crippen molar-refractivity contribution in [1.29, 1.82) is 0 Å². The highest BCUT2D eigenvalue weighted by Gasteiger charge is 2.06. The van der Waals surface area contributed by atoms with Gasteiger partial charge in [0.2, 0.25) is 0 Å². The Morgan fingerprint density at radius 1 is 0.833 bits per heavy atom. The first kappa shape index (κ1) is 15.9. The molecule has 0 spiro atoms. The first-order chi connectivity index (χ1) is 11.8. The van der Waals surface area contributed by atoms with Crippen molar-refractivity contribution in [2.45, 2.75) is 13.5 Å². The van der Waals surface area contributed by atoms with E-state index in [0.717, 1.165) is 34.1 Å². The summed E-state index contributed by atoms with van der Waals surface area (Å²) in [5.41, 5.74) is 3.17. The van der Waals surface area contributed by atoms with E-state index in [0.29, 0.717) is 6.61 Å². The van der Waals surface area contributed by atoms with Gasteiger partial charge in [0.05, 0.1) is 5.69 Å². The van der Waals surface area contributed by atoms with E-state index >= 15 is 0 Å². The van der Waals surface area contributed by atoms with Crippen LogP contribution in [0.5, 0.6) is 17.2 Å². The van der Waals surface area contributed by atoms with Crippen molar-refractivity contribution in [2.75, 3.05) is 12.4 Å². The van der Waals surface area contributed by atoms with Gasteiger partial charge in [-0.05, 0) is 48.4 Å². The molecule has 3 nitrogen and oxygen atoms in total. The van der Waals surface area contributed by atoms with Gasteiger partial charge in [-0.25, -0.2) is 0 Å². The molecule has 0 saturated heterocycles. The third kappa shape index (κ3) is 3.87. The molecule has 3 aromatic carbocycles. The fraction of sp³-hybridized carbons (Fsp3) is 0.143. The Morgan fingerprint density at radius 2 is 1.58 bits per heavy atom. The van der Waals surface area contributed by atoms with Gasteiger partial charge in [0, 0.05) is 7.05 Å². The second kappa shape index (κ2) is 7.55. The lowest BCUT2D eigenvalue weighted by molar-refractivity contribution is 0.305. The number of nitrogens with one attached hydrogen (secondary N) is 1. The molecule has 0 radical (unpaired) electrons. The van der Waals surface area contributed by atoms with Crippen molar-refractivity contribution in [3.05, 3.63) is 83.9 Å². The number of anilines is 1. The van der Waals surface area contributed by atoms with Gasteiger partial charge in [0.25, 0.3) is 0 Å². The predicted octanol–water partition coefficient (Wildman–Crippen LogP) is 5.41. The highest BCUT2D eigenvalue weighted by molar-refractivity contribution is 5.59. The molecule has 24 heavy (non-hydrogen) atoms. The molecule has 3 aromatic rings. The highest BCUT2D eigenvalue weighted by atomic mass is 16.5.